The lowest BCUT2D eigenvalue weighted by atomic mass is 9.99. The fourth-order valence-electron chi connectivity index (χ4n) is 2.57. The molecule has 1 rings (SSSR count). The van der Waals surface area contributed by atoms with E-state index in [9.17, 15) is 20.1 Å². The van der Waals surface area contributed by atoms with Gasteiger partial charge in [0.05, 0.1) is 12.7 Å². The Labute approximate surface area is 148 Å². The van der Waals surface area contributed by atoms with E-state index in [2.05, 4.69) is 0 Å². The van der Waals surface area contributed by atoms with Crippen LogP contribution in [0.15, 0.2) is 0 Å². The fourth-order valence-corrected chi connectivity index (χ4v) is 2.57. The monoisotopic (exact) mass is 364 g/mol. The maximum Gasteiger partial charge on any atom is 0.306 e. The Morgan fingerprint density at radius 3 is 2.32 bits per heavy atom. The molecular formula is C17H32O8. The Balaban J connectivity index is 2.32. The van der Waals surface area contributed by atoms with Gasteiger partial charge in [0.2, 0.25) is 0 Å². The van der Waals surface area contributed by atoms with Crippen molar-refractivity contribution < 1.29 is 39.4 Å². The average Bonchev–Trinajstić information content (AvgIpc) is 2.50. The second kappa shape index (κ2) is 9.80. The van der Waals surface area contributed by atoms with E-state index in [1.807, 2.05) is 20.8 Å². The molecular weight excluding hydrogens is 332 g/mol. The normalized spacial score (nSPS) is 31.6. The summed E-state index contributed by atoms with van der Waals surface area (Å²) in [6.07, 6.45) is -4.34. The highest BCUT2D eigenvalue weighted by molar-refractivity contribution is 5.69. The molecule has 1 aliphatic heterocycles. The Hall–Kier alpha value is -0.770. The molecule has 0 spiro atoms. The Morgan fingerprint density at radius 1 is 1.12 bits per heavy atom. The molecule has 148 valence electrons. The lowest BCUT2D eigenvalue weighted by molar-refractivity contribution is -0.310. The summed E-state index contributed by atoms with van der Waals surface area (Å²) in [5.74, 6) is -0.241. The topological polar surface area (TPSA) is 126 Å². The lowest BCUT2D eigenvalue weighted by Gasteiger charge is -2.40. The highest BCUT2D eigenvalue weighted by Gasteiger charge is 2.44. The highest BCUT2D eigenvalue weighted by atomic mass is 16.7. The molecule has 0 amide bonds. The summed E-state index contributed by atoms with van der Waals surface area (Å²) >= 11 is 0. The van der Waals surface area contributed by atoms with Gasteiger partial charge in [-0.05, 0) is 40.5 Å². The standard InChI is InChI=1S/C17H32O8/c1-10(7-5-6-8-12(19)25-17(2,3)4)23-16-15(22)14(21)13(20)11(9-18)24-16/h10-11,13-16,18,20-22H,5-9H2,1-4H3/t10?,11?,13-,14-,15?,16+/m1/s1. The molecule has 6 atom stereocenters. The molecule has 8 heteroatoms. The first-order valence-electron chi connectivity index (χ1n) is 8.73. The molecule has 8 nitrogen and oxygen atoms in total. The third-order valence-electron chi connectivity index (χ3n) is 3.88. The summed E-state index contributed by atoms with van der Waals surface area (Å²) in [6.45, 7) is 6.76. The average molecular weight is 364 g/mol. The molecule has 0 saturated carbocycles. The molecule has 4 N–H and O–H groups in total. The third-order valence-corrected chi connectivity index (χ3v) is 3.88. The predicted octanol–water partition coefficient (Wildman–Crippen LogP) is 0.0935. The molecule has 0 bridgehead atoms. The number of rotatable bonds is 8. The number of esters is 1. The number of carbonyl (C=O) groups is 1. The SMILES string of the molecule is CC(CCCCC(=O)OC(C)(C)C)O[C@H]1OC(CO)[C@@H](O)[C@@H](O)C1O. The van der Waals surface area contributed by atoms with E-state index in [1.54, 1.807) is 6.92 Å². The van der Waals surface area contributed by atoms with Gasteiger partial charge in [0.15, 0.2) is 6.29 Å². The molecule has 1 heterocycles. The maximum absolute atomic E-state index is 11.6. The summed E-state index contributed by atoms with van der Waals surface area (Å²) in [7, 11) is 0. The molecule has 3 unspecified atom stereocenters. The van der Waals surface area contributed by atoms with E-state index in [0.717, 1.165) is 6.42 Å². The minimum Gasteiger partial charge on any atom is -0.460 e. The maximum atomic E-state index is 11.6. The zero-order chi connectivity index (χ0) is 19.2. The number of aliphatic hydroxyl groups is 4. The summed E-state index contributed by atoms with van der Waals surface area (Å²) in [5.41, 5.74) is -0.489. The van der Waals surface area contributed by atoms with E-state index in [4.69, 9.17) is 19.3 Å². The minimum absolute atomic E-state index is 0.241. The molecule has 1 fully saturated rings. The predicted molar refractivity (Wildman–Crippen MR) is 88.6 cm³/mol. The van der Waals surface area contributed by atoms with Crippen molar-refractivity contribution in [1.29, 1.82) is 0 Å². The van der Waals surface area contributed by atoms with Gasteiger partial charge < -0.3 is 34.6 Å². The number of hydrogen-bond donors (Lipinski definition) is 4. The van der Waals surface area contributed by atoms with Crippen molar-refractivity contribution in [3.05, 3.63) is 0 Å². The van der Waals surface area contributed by atoms with Crippen LogP contribution >= 0.6 is 0 Å². The smallest absolute Gasteiger partial charge is 0.306 e. The molecule has 25 heavy (non-hydrogen) atoms. The van der Waals surface area contributed by atoms with Crippen molar-refractivity contribution in [1.82, 2.24) is 0 Å². The van der Waals surface area contributed by atoms with Crippen LogP contribution in [0, 0.1) is 0 Å². The van der Waals surface area contributed by atoms with Crippen LogP contribution in [0.1, 0.15) is 53.4 Å². The van der Waals surface area contributed by atoms with Crippen LogP contribution < -0.4 is 0 Å². The number of carbonyl (C=O) groups excluding carboxylic acids is 1. The van der Waals surface area contributed by atoms with Gasteiger partial charge in [-0.2, -0.15) is 0 Å². The second-order valence-corrected chi connectivity index (χ2v) is 7.48. The quantitative estimate of drug-likeness (QED) is 0.353. The summed E-state index contributed by atoms with van der Waals surface area (Å²) in [6, 6.07) is 0. The van der Waals surface area contributed by atoms with Crippen LogP contribution in [0.25, 0.3) is 0 Å². The lowest BCUT2D eigenvalue weighted by Crippen LogP contribution is -2.59. The van der Waals surface area contributed by atoms with Gasteiger partial charge in [-0.1, -0.05) is 6.42 Å². The zero-order valence-corrected chi connectivity index (χ0v) is 15.4. The van der Waals surface area contributed by atoms with Gasteiger partial charge in [-0.3, -0.25) is 4.79 Å². The molecule has 1 saturated heterocycles. The van der Waals surface area contributed by atoms with Crippen molar-refractivity contribution >= 4 is 5.97 Å². The molecule has 0 aromatic carbocycles. The fraction of sp³-hybridized carbons (Fsp3) is 0.941. The van der Waals surface area contributed by atoms with E-state index < -0.39 is 42.9 Å². The Bertz CT molecular complexity index is 406. The zero-order valence-electron chi connectivity index (χ0n) is 15.4. The van der Waals surface area contributed by atoms with Crippen LogP contribution in [0.3, 0.4) is 0 Å². The van der Waals surface area contributed by atoms with Gasteiger partial charge >= 0.3 is 5.97 Å². The van der Waals surface area contributed by atoms with Crippen molar-refractivity contribution in [2.24, 2.45) is 0 Å². The molecule has 0 radical (unpaired) electrons. The van der Waals surface area contributed by atoms with Crippen LogP contribution in [-0.2, 0) is 19.0 Å². The van der Waals surface area contributed by atoms with Crippen molar-refractivity contribution in [3.63, 3.8) is 0 Å². The first-order valence-corrected chi connectivity index (χ1v) is 8.73. The van der Waals surface area contributed by atoms with Gasteiger partial charge in [0.1, 0.15) is 30.0 Å². The molecule has 0 aliphatic carbocycles. The first kappa shape index (κ1) is 22.3. The molecule has 1 aliphatic rings. The first-order chi connectivity index (χ1) is 11.5. The van der Waals surface area contributed by atoms with Crippen molar-refractivity contribution in [2.45, 2.75) is 95.8 Å². The summed E-state index contributed by atoms with van der Waals surface area (Å²) < 4.78 is 16.1. The third kappa shape index (κ3) is 7.55. The highest BCUT2D eigenvalue weighted by Crippen LogP contribution is 2.24. The van der Waals surface area contributed by atoms with Crippen molar-refractivity contribution in [2.75, 3.05) is 6.61 Å². The van der Waals surface area contributed by atoms with Crippen molar-refractivity contribution in [3.8, 4) is 0 Å². The van der Waals surface area contributed by atoms with Crippen LogP contribution in [0.2, 0.25) is 0 Å². The number of ether oxygens (including phenoxy) is 3. The second-order valence-electron chi connectivity index (χ2n) is 7.48. The van der Waals surface area contributed by atoms with Crippen LogP contribution in [0.4, 0.5) is 0 Å². The Morgan fingerprint density at radius 2 is 1.76 bits per heavy atom. The number of aliphatic hydroxyl groups excluding tert-OH is 4. The largest absolute Gasteiger partial charge is 0.460 e. The van der Waals surface area contributed by atoms with E-state index in [1.165, 1.54) is 0 Å². The number of hydrogen-bond acceptors (Lipinski definition) is 8. The van der Waals surface area contributed by atoms with Gasteiger partial charge in [0, 0.05) is 6.42 Å². The van der Waals surface area contributed by atoms with E-state index in [-0.39, 0.29) is 12.1 Å². The summed E-state index contributed by atoms with van der Waals surface area (Å²) in [5, 5.41) is 38.5. The molecule has 0 aromatic heterocycles. The minimum atomic E-state index is -1.45. The van der Waals surface area contributed by atoms with Gasteiger partial charge in [-0.15, -0.1) is 0 Å². The van der Waals surface area contributed by atoms with E-state index in [0.29, 0.717) is 19.3 Å². The van der Waals surface area contributed by atoms with Gasteiger partial charge in [0.25, 0.3) is 0 Å². The summed E-state index contributed by atoms with van der Waals surface area (Å²) in [4.78, 5) is 11.6. The Kier molecular flexibility index (Phi) is 8.73. The molecule has 0 aromatic rings. The van der Waals surface area contributed by atoms with Crippen LogP contribution in [0.5, 0.6) is 0 Å². The van der Waals surface area contributed by atoms with Crippen LogP contribution in [-0.4, -0.2) is 75.4 Å². The van der Waals surface area contributed by atoms with Gasteiger partial charge in [-0.25, -0.2) is 0 Å². The number of unbranched alkanes of at least 4 members (excludes halogenated alkanes) is 1. The van der Waals surface area contributed by atoms with E-state index >= 15 is 0 Å².